The maximum absolute atomic E-state index is 13.8. The molecule has 1 aromatic heterocycles. The van der Waals surface area contributed by atoms with Gasteiger partial charge in [0.25, 0.3) is 5.91 Å². The van der Waals surface area contributed by atoms with Crippen LogP contribution in [0.4, 0.5) is 4.39 Å². The van der Waals surface area contributed by atoms with Crippen molar-refractivity contribution in [2.75, 3.05) is 13.1 Å². The molecule has 2 N–H and O–H groups in total. The number of hydrogen-bond donors (Lipinski definition) is 2. The highest BCUT2D eigenvalue weighted by Gasteiger charge is 2.24. The summed E-state index contributed by atoms with van der Waals surface area (Å²) in [6.07, 6.45) is 1.90. The molecule has 1 fully saturated rings. The van der Waals surface area contributed by atoms with E-state index in [-0.39, 0.29) is 17.8 Å². The summed E-state index contributed by atoms with van der Waals surface area (Å²) < 4.78 is 20.1. The van der Waals surface area contributed by atoms with Crippen LogP contribution >= 0.6 is 0 Å². The Morgan fingerprint density at radius 2 is 1.94 bits per heavy atom. The van der Waals surface area contributed by atoms with E-state index in [0.717, 1.165) is 37.2 Å². The highest BCUT2D eigenvalue weighted by molar-refractivity contribution is 5.97. The largest absolute Gasteiger partial charge is 0.490 e. The first-order chi connectivity index (χ1) is 16.8. The number of fused-ring (bicyclic) bond motifs is 1. The molecule has 1 aliphatic rings. The first kappa shape index (κ1) is 24.6. The second-order valence-corrected chi connectivity index (χ2v) is 8.95. The predicted molar refractivity (Wildman–Crippen MR) is 131 cm³/mol. The van der Waals surface area contributed by atoms with Gasteiger partial charge in [0, 0.05) is 42.3 Å². The van der Waals surface area contributed by atoms with Crippen LogP contribution in [0.1, 0.15) is 47.8 Å². The molecule has 0 saturated carbocycles. The molecule has 3 aromatic rings. The van der Waals surface area contributed by atoms with E-state index in [9.17, 15) is 19.1 Å². The Kier molecular flexibility index (Phi) is 7.60. The summed E-state index contributed by atoms with van der Waals surface area (Å²) in [5.41, 5.74) is 2.88. The summed E-state index contributed by atoms with van der Waals surface area (Å²) in [5.74, 6) is -1.09. The lowest BCUT2D eigenvalue weighted by atomic mass is 10.0. The van der Waals surface area contributed by atoms with Crippen molar-refractivity contribution in [2.24, 2.45) is 0 Å². The van der Waals surface area contributed by atoms with E-state index in [1.807, 2.05) is 25.1 Å². The van der Waals surface area contributed by atoms with Gasteiger partial charge in [-0.05, 0) is 56.0 Å². The molecule has 2 heterocycles. The number of likely N-dealkylation sites (tertiary alicyclic amines) is 1. The third kappa shape index (κ3) is 5.95. The van der Waals surface area contributed by atoms with Gasteiger partial charge < -0.3 is 15.2 Å². The van der Waals surface area contributed by atoms with Crippen LogP contribution in [0, 0.1) is 12.7 Å². The third-order valence-corrected chi connectivity index (χ3v) is 6.36. The standard InChI is InChI=1S/C27H30FN3O4/c1-3-23(27(33)34)30-26(32)21-7-5-4-6-18(21)16-31-12-10-20(11-13-31)35-25-14-17(2)29-24-9-8-19(28)15-22(24)25/h4-9,14-15,20,23H,3,10-13,16H2,1-2H3,(H,30,32)(H,33,34). The highest BCUT2D eigenvalue weighted by Crippen LogP contribution is 2.29. The molecule has 0 spiro atoms. The molecule has 2 aromatic carbocycles. The average molecular weight is 480 g/mol. The van der Waals surface area contributed by atoms with Crippen LogP contribution in [0.3, 0.4) is 0 Å². The minimum atomic E-state index is -1.04. The van der Waals surface area contributed by atoms with Gasteiger partial charge in [0.05, 0.1) is 5.52 Å². The monoisotopic (exact) mass is 479 g/mol. The number of halogens is 1. The van der Waals surface area contributed by atoms with Gasteiger partial charge in [0.1, 0.15) is 23.7 Å². The number of hydrogen-bond acceptors (Lipinski definition) is 5. The van der Waals surface area contributed by atoms with Crippen molar-refractivity contribution >= 4 is 22.8 Å². The van der Waals surface area contributed by atoms with Crippen molar-refractivity contribution < 1.29 is 23.8 Å². The van der Waals surface area contributed by atoms with E-state index >= 15 is 0 Å². The van der Waals surface area contributed by atoms with Crippen LogP contribution in [0.15, 0.2) is 48.5 Å². The first-order valence-electron chi connectivity index (χ1n) is 11.9. The SMILES string of the molecule is CCC(NC(=O)c1ccccc1CN1CCC(Oc2cc(C)nc3ccc(F)cc23)CC1)C(=O)O. The Labute approximate surface area is 203 Å². The average Bonchev–Trinajstić information content (AvgIpc) is 2.84. The second-order valence-electron chi connectivity index (χ2n) is 8.95. The van der Waals surface area contributed by atoms with Gasteiger partial charge in [0.2, 0.25) is 0 Å². The van der Waals surface area contributed by atoms with Crippen molar-refractivity contribution in [2.45, 2.75) is 51.8 Å². The number of aliphatic carboxylic acids is 1. The molecule has 0 bridgehead atoms. The summed E-state index contributed by atoms with van der Waals surface area (Å²) in [6, 6.07) is 12.8. The van der Waals surface area contributed by atoms with E-state index in [4.69, 9.17) is 4.74 Å². The lowest BCUT2D eigenvalue weighted by molar-refractivity contribution is -0.139. The molecular weight excluding hydrogens is 449 g/mol. The number of nitrogens with zero attached hydrogens (tertiary/aromatic N) is 2. The number of carbonyl (C=O) groups excluding carboxylic acids is 1. The van der Waals surface area contributed by atoms with Gasteiger partial charge in [-0.2, -0.15) is 0 Å². The molecule has 184 valence electrons. The Morgan fingerprint density at radius 1 is 1.20 bits per heavy atom. The van der Waals surface area contributed by atoms with Gasteiger partial charge in [-0.15, -0.1) is 0 Å². The van der Waals surface area contributed by atoms with Crippen molar-refractivity contribution in [3.63, 3.8) is 0 Å². The summed E-state index contributed by atoms with van der Waals surface area (Å²) in [5, 5.41) is 12.5. The Balaban J connectivity index is 1.39. The van der Waals surface area contributed by atoms with Gasteiger partial charge in [-0.25, -0.2) is 9.18 Å². The Morgan fingerprint density at radius 3 is 2.66 bits per heavy atom. The number of benzene rings is 2. The number of amides is 1. The van der Waals surface area contributed by atoms with Crippen LogP contribution in [0.5, 0.6) is 5.75 Å². The quantitative estimate of drug-likeness (QED) is 0.500. The van der Waals surface area contributed by atoms with Crippen LogP contribution in [-0.4, -0.2) is 52.1 Å². The Bertz CT molecular complexity index is 1220. The molecule has 1 atom stereocenters. The maximum Gasteiger partial charge on any atom is 0.326 e. The molecule has 35 heavy (non-hydrogen) atoms. The first-order valence-corrected chi connectivity index (χ1v) is 11.9. The van der Waals surface area contributed by atoms with Gasteiger partial charge in [0.15, 0.2) is 0 Å². The number of nitrogens with one attached hydrogen (secondary N) is 1. The third-order valence-electron chi connectivity index (χ3n) is 6.36. The van der Waals surface area contributed by atoms with E-state index in [1.165, 1.54) is 12.1 Å². The lowest BCUT2D eigenvalue weighted by Gasteiger charge is -2.32. The fourth-order valence-corrected chi connectivity index (χ4v) is 4.45. The van der Waals surface area contributed by atoms with E-state index in [2.05, 4.69) is 15.2 Å². The van der Waals surface area contributed by atoms with Crippen LogP contribution in [0.25, 0.3) is 10.9 Å². The van der Waals surface area contributed by atoms with Gasteiger partial charge in [-0.3, -0.25) is 14.7 Å². The highest BCUT2D eigenvalue weighted by atomic mass is 19.1. The summed E-state index contributed by atoms with van der Waals surface area (Å²) in [7, 11) is 0. The molecule has 1 amide bonds. The molecule has 0 aliphatic carbocycles. The molecule has 4 rings (SSSR count). The number of carbonyl (C=O) groups is 2. The summed E-state index contributed by atoms with van der Waals surface area (Å²) >= 11 is 0. The lowest BCUT2D eigenvalue weighted by Crippen LogP contribution is -2.41. The van der Waals surface area contributed by atoms with E-state index in [0.29, 0.717) is 35.2 Å². The van der Waals surface area contributed by atoms with Crippen LogP contribution in [0.2, 0.25) is 0 Å². The van der Waals surface area contributed by atoms with Crippen molar-refractivity contribution in [3.8, 4) is 5.75 Å². The number of aryl methyl sites for hydroxylation is 1. The zero-order chi connectivity index (χ0) is 24.9. The number of carboxylic acids is 1. The summed E-state index contributed by atoms with van der Waals surface area (Å²) in [4.78, 5) is 30.8. The number of carboxylic acid groups (broad SMARTS) is 1. The zero-order valence-corrected chi connectivity index (χ0v) is 20.0. The number of piperidine rings is 1. The molecule has 0 radical (unpaired) electrons. The topological polar surface area (TPSA) is 91.8 Å². The van der Waals surface area contributed by atoms with Crippen LogP contribution in [-0.2, 0) is 11.3 Å². The fourth-order valence-electron chi connectivity index (χ4n) is 4.45. The molecule has 1 aliphatic heterocycles. The van der Waals surface area contributed by atoms with Crippen LogP contribution < -0.4 is 10.1 Å². The number of aromatic nitrogens is 1. The Hall–Kier alpha value is -3.52. The minimum absolute atomic E-state index is 0.000983. The van der Waals surface area contributed by atoms with Crippen molar-refractivity contribution in [1.82, 2.24) is 15.2 Å². The number of rotatable bonds is 8. The van der Waals surface area contributed by atoms with Gasteiger partial charge >= 0.3 is 5.97 Å². The van der Waals surface area contributed by atoms with Crippen molar-refractivity contribution in [3.05, 3.63) is 71.2 Å². The smallest absolute Gasteiger partial charge is 0.326 e. The zero-order valence-electron chi connectivity index (χ0n) is 20.0. The molecule has 1 saturated heterocycles. The normalized spacial score (nSPS) is 15.6. The molecule has 1 unspecified atom stereocenters. The van der Waals surface area contributed by atoms with Crippen molar-refractivity contribution in [1.29, 1.82) is 0 Å². The number of ether oxygens (including phenoxy) is 1. The number of pyridine rings is 1. The molecular formula is C27H30FN3O4. The predicted octanol–water partition coefficient (Wildman–Crippen LogP) is 4.32. The fraction of sp³-hybridized carbons (Fsp3) is 0.370. The maximum atomic E-state index is 13.8. The second kappa shape index (κ2) is 10.8. The minimum Gasteiger partial charge on any atom is -0.490 e. The van der Waals surface area contributed by atoms with E-state index in [1.54, 1.807) is 25.1 Å². The molecule has 8 heteroatoms. The van der Waals surface area contributed by atoms with Gasteiger partial charge in [-0.1, -0.05) is 25.1 Å². The molecule has 7 nitrogen and oxygen atoms in total. The van der Waals surface area contributed by atoms with E-state index < -0.39 is 12.0 Å². The summed E-state index contributed by atoms with van der Waals surface area (Å²) in [6.45, 7) is 5.77.